The number of fused-ring (bicyclic) bond motifs is 12. The fourth-order valence-electron chi connectivity index (χ4n) is 11.3. The molecule has 2 heterocycles. The highest BCUT2D eigenvalue weighted by Crippen LogP contribution is 2.60. The number of nitrogens with zero attached hydrogens (tertiary/aromatic N) is 1. The van der Waals surface area contributed by atoms with Crippen LogP contribution in [-0.4, -0.2) is 13.1 Å². The zero-order valence-corrected chi connectivity index (χ0v) is 33.5. The summed E-state index contributed by atoms with van der Waals surface area (Å²) in [5, 5.41) is 4.54. The van der Waals surface area contributed by atoms with Gasteiger partial charge in [-0.25, -0.2) is 0 Å². The fraction of sp³-hybridized carbons (Fsp3) is 0.283. The number of rotatable bonds is 3. The highest BCUT2D eigenvalue weighted by Gasteiger charge is 2.48. The Balaban J connectivity index is 1.12. The molecule has 3 aliphatic carbocycles. The molecule has 2 aliphatic heterocycles. The van der Waals surface area contributed by atoms with Crippen LogP contribution in [0.4, 0.5) is 18.9 Å². The third-order valence-electron chi connectivity index (χ3n) is 14.2. The lowest BCUT2D eigenvalue weighted by Gasteiger charge is -2.41. The Morgan fingerprint density at radius 1 is 0.672 bits per heavy atom. The van der Waals surface area contributed by atoms with Crippen molar-refractivity contribution in [1.29, 1.82) is 0 Å². The van der Waals surface area contributed by atoms with E-state index >= 15 is 0 Å². The van der Waals surface area contributed by atoms with Gasteiger partial charge >= 0.3 is 6.18 Å². The molecule has 1 fully saturated rings. The van der Waals surface area contributed by atoms with Crippen molar-refractivity contribution in [2.24, 2.45) is 0 Å². The first-order valence-corrected chi connectivity index (χ1v) is 20.9. The summed E-state index contributed by atoms with van der Waals surface area (Å²) in [7, 11) is 0. The number of piperidine rings is 1. The van der Waals surface area contributed by atoms with E-state index in [4.69, 9.17) is 4.74 Å². The van der Waals surface area contributed by atoms with Crippen molar-refractivity contribution in [2.75, 3.05) is 18.0 Å². The molecule has 1 atom stereocenters. The van der Waals surface area contributed by atoms with Gasteiger partial charge in [0.1, 0.15) is 5.75 Å². The molecular weight excluding hydrogens is 724 g/mol. The zero-order chi connectivity index (χ0) is 39.8. The largest absolute Gasteiger partial charge is 0.473 e. The molecule has 1 saturated heterocycles. The molecule has 0 saturated carbocycles. The van der Waals surface area contributed by atoms with Crippen LogP contribution in [0.25, 0.3) is 44.3 Å². The van der Waals surface area contributed by atoms with Gasteiger partial charge in [0.2, 0.25) is 0 Å². The second kappa shape index (κ2) is 12.2. The van der Waals surface area contributed by atoms with E-state index in [-0.39, 0.29) is 5.41 Å². The van der Waals surface area contributed by atoms with Gasteiger partial charge in [0.05, 0.1) is 5.56 Å². The lowest BCUT2D eigenvalue weighted by molar-refractivity contribution is -0.137. The molecule has 11 rings (SSSR count). The zero-order valence-electron chi connectivity index (χ0n) is 33.5. The van der Waals surface area contributed by atoms with Crippen molar-refractivity contribution < 1.29 is 17.9 Å². The average Bonchev–Trinajstić information content (AvgIpc) is 3.63. The van der Waals surface area contributed by atoms with Crippen LogP contribution in [0.15, 0.2) is 126 Å². The molecule has 0 bridgehead atoms. The van der Waals surface area contributed by atoms with E-state index < -0.39 is 22.8 Å². The summed E-state index contributed by atoms with van der Waals surface area (Å²) >= 11 is 0. The van der Waals surface area contributed by atoms with E-state index in [1.807, 2.05) is 12.1 Å². The van der Waals surface area contributed by atoms with Crippen molar-refractivity contribution in [3.8, 4) is 16.9 Å². The molecular formula is C53H46F3NO. The predicted molar refractivity (Wildman–Crippen MR) is 232 cm³/mol. The first kappa shape index (κ1) is 35.6. The molecule has 0 spiro atoms. The Labute approximate surface area is 338 Å². The van der Waals surface area contributed by atoms with Crippen LogP contribution in [0.3, 0.4) is 0 Å². The summed E-state index contributed by atoms with van der Waals surface area (Å²) < 4.78 is 50.2. The van der Waals surface area contributed by atoms with Crippen LogP contribution < -0.4 is 9.64 Å². The number of benzene rings is 6. The Bertz CT molecular complexity index is 2830. The maximum atomic E-state index is 14.2. The highest BCUT2D eigenvalue weighted by molar-refractivity contribution is 6.08. The maximum absolute atomic E-state index is 14.2. The summed E-state index contributed by atoms with van der Waals surface area (Å²) in [5.41, 5.74) is 11.1. The molecule has 6 aromatic carbocycles. The van der Waals surface area contributed by atoms with Gasteiger partial charge in [-0.05, 0) is 129 Å². The quantitative estimate of drug-likeness (QED) is 0.178. The highest BCUT2D eigenvalue weighted by atomic mass is 19.4. The maximum Gasteiger partial charge on any atom is 0.416 e. The summed E-state index contributed by atoms with van der Waals surface area (Å²) in [6, 6.07) is 35.0. The molecule has 0 aromatic heterocycles. The van der Waals surface area contributed by atoms with Gasteiger partial charge in [-0.2, -0.15) is 13.2 Å². The number of ether oxygens (including phenoxy) is 1. The minimum absolute atomic E-state index is 0.200. The minimum Gasteiger partial charge on any atom is -0.473 e. The summed E-state index contributed by atoms with van der Waals surface area (Å²) in [6.07, 6.45) is 7.93. The van der Waals surface area contributed by atoms with Crippen molar-refractivity contribution >= 4 is 38.9 Å². The van der Waals surface area contributed by atoms with E-state index in [0.717, 1.165) is 70.3 Å². The lowest BCUT2D eigenvalue weighted by atomic mass is 9.72. The van der Waals surface area contributed by atoms with Crippen LogP contribution in [0.1, 0.15) is 98.7 Å². The molecule has 0 amide bonds. The average molecular weight is 770 g/mol. The van der Waals surface area contributed by atoms with Crippen molar-refractivity contribution in [2.45, 2.75) is 82.4 Å². The normalized spacial score (nSPS) is 21.3. The molecule has 5 heteroatoms. The molecule has 290 valence electrons. The summed E-state index contributed by atoms with van der Waals surface area (Å²) in [6.45, 7) is 11.0. The first-order chi connectivity index (χ1) is 27.9. The molecule has 5 aliphatic rings. The van der Waals surface area contributed by atoms with Gasteiger partial charge in [0.15, 0.2) is 5.60 Å². The van der Waals surface area contributed by atoms with Gasteiger partial charge < -0.3 is 9.64 Å². The molecule has 6 aromatic rings. The van der Waals surface area contributed by atoms with E-state index in [9.17, 15) is 13.2 Å². The van der Waals surface area contributed by atoms with Crippen molar-refractivity contribution in [3.63, 3.8) is 0 Å². The summed E-state index contributed by atoms with van der Waals surface area (Å²) in [4.78, 5) is 2.49. The van der Waals surface area contributed by atoms with E-state index in [1.54, 1.807) is 6.07 Å². The number of alkyl halides is 3. The number of halogens is 3. The third-order valence-corrected chi connectivity index (χ3v) is 14.2. The number of hydrogen-bond donors (Lipinski definition) is 0. The fourth-order valence-corrected chi connectivity index (χ4v) is 11.3. The molecule has 58 heavy (non-hydrogen) atoms. The SMILES string of the molecule is CC1(C)C2=C(CCC(C3(c4ccc(N5CCCCC5)cc4)C=Cc4c5c(c6ccccc6c4O3)-c3ccc(C(F)(F)F)cc3C5(C)C)=C2)c2c1ccc1ccccc21. The van der Waals surface area contributed by atoms with Crippen LogP contribution >= 0.6 is 0 Å². The second-order valence-corrected chi connectivity index (χ2v) is 18.1. The standard InChI is InChI=1S/C53H46F3NO/c1-50(2)43-25-16-32-12-6-7-13-37(32)46(43)40-23-19-34(30-44(40)50)52(33-17-21-36(22-18-33)57-28-10-5-11-29-57)27-26-42-48-47(38-14-8-9-15-39(38)49(42)58-52)41-24-20-35(53(54,55)56)31-45(41)51(48,3)4/h6-9,12-18,20-22,24-27,30-31H,5,10-11,19,23,28-29H2,1-4H3. The number of anilines is 1. The molecule has 0 N–H and O–H groups in total. The number of hydrogen-bond acceptors (Lipinski definition) is 2. The Morgan fingerprint density at radius 3 is 2.16 bits per heavy atom. The summed E-state index contributed by atoms with van der Waals surface area (Å²) in [5.74, 6) is 0.787. The van der Waals surface area contributed by atoms with Gasteiger partial charge in [-0.1, -0.05) is 119 Å². The Hall–Kier alpha value is -5.55. The van der Waals surface area contributed by atoms with Gasteiger partial charge in [0.25, 0.3) is 0 Å². The van der Waals surface area contributed by atoms with Crippen molar-refractivity contribution in [3.05, 3.63) is 165 Å². The molecule has 0 radical (unpaired) electrons. The topological polar surface area (TPSA) is 12.5 Å². The van der Waals surface area contributed by atoms with Crippen LogP contribution in [0.5, 0.6) is 5.75 Å². The van der Waals surface area contributed by atoms with E-state index in [0.29, 0.717) is 5.56 Å². The van der Waals surface area contributed by atoms with Gasteiger partial charge in [-0.3, -0.25) is 0 Å². The second-order valence-electron chi connectivity index (χ2n) is 18.1. The number of allylic oxidation sites excluding steroid dienone is 3. The van der Waals surface area contributed by atoms with E-state index in [2.05, 4.69) is 124 Å². The van der Waals surface area contributed by atoms with Crippen molar-refractivity contribution in [1.82, 2.24) is 0 Å². The predicted octanol–water partition coefficient (Wildman–Crippen LogP) is 14.1. The molecule has 2 nitrogen and oxygen atoms in total. The minimum atomic E-state index is -4.43. The Kier molecular flexibility index (Phi) is 7.51. The lowest BCUT2D eigenvalue weighted by Crippen LogP contribution is -2.37. The molecule has 1 unspecified atom stereocenters. The van der Waals surface area contributed by atoms with Gasteiger partial charge in [0, 0.05) is 46.1 Å². The van der Waals surface area contributed by atoms with E-state index in [1.165, 1.54) is 75.7 Å². The monoisotopic (exact) mass is 769 g/mol. The first-order valence-electron chi connectivity index (χ1n) is 20.9. The Morgan fingerprint density at radius 2 is 1.40 bits per heavy atom. The van der Waals surface area contributed by atoms with Crippen LogP contribution in [0, 0.1) is 0 Å². The smallest absolute Gasteiger partial charge is 0.416 e. The van der Waals surface area contributed by atoms with Gasteiger partial charge in [-0.15, -0.1) is 0 Å². The van der Waals surface area contributed by atoms with Crippen LogP contribution in [0.2, 0.25) is 0 Å². The third kappa shape index (κ3) is 4.91. The van der Waals surface area contributed by atoms with Crippen LogP contribution in [-0.2, 0) is 22.6 Å².